The van der Waals surface area contributed by atoms with E-state index in [1.807, 2.05) is 47.4 Å². The molecule has 2 aromatic carbocycles. The normalized spacial score (nSPS) is 18.1. The largest absolute Gasteiger partial charge is 0.506 e. The van der Waals surface area contributed by atoms with Gasteiger partial charge >= 0.3 is 6.03 Å². The summed E-state index contributed by atoms with van der Waals surface area (Å²) in [7, 11) is 0. The lowest BCUT2D eigenvalue weighted by Gasteiger charge is -2.45. The second-order valence-corrected chi connectivity index (χ2v) is 16.8. The van der Waals surface area contributed by atoms with E-state index in [-0.39, 0.29) is 35.5 Å². The number of rotatable bonds is 10. The lowest BCUT2D eigenvalue weighted by Crippen LogP contribution is -2.63. The SMILES string of the molecule is NC(=O)[C@@H](Cc1cc(Br)c(O)c(Br)c1)N(C(=O)N1CCC(c2cc3ccccc3[nH]c2=O)CC1)[C@@H](CC1CCNCC1)C(=O)N1CCN(c2ccncc2)CC1. The third kappa shape index (κ3) is 8.89. The number of aromatic amines is 1. The Morgan fingerprint density at radius 3 is 2.20 bits per heavy atom. The molecule has 4 aromatic rings. The lowest BCUT2D eigenvalue weighted by molar-refractivity contribution is -0.139. The molecule has 5 N–H and O–H groups in total. The van der Waals surface area contributed by atoms with Gasteiger partial charge in [-0.3, -0.25) is 19.4 Å². The van der Waals surface area contributed by atoms with Crippen molar-refractivity contribution in [3.05, 3.63) is 97.4 Å². The number of fused-ring (bicyclic) bond motifs is 1. The Hall–Kier alpha value is -4.47. The number of phenols is 1. The molecular formula is C41H48Br2N8O5. The number of carbonyl (C=O) groups is 3. The van der Waals surface area contributed by atoms with Crippen LogP contribution < -0.4 is 21.5 Å². The number of amides is 4. The van der Waals surface area contributed by atoms with Crippen molar-refractivity contribution in [2.75, 3.05) is 57.3 Å². The number of pyridine rings is 2. The number of phenolic OH excluding ortho intramolecular Hbond substituents is 1. The molecule has 13 nitrogen and oxygen atoms in total. The van der Waals surface area contributed by atoms with Gasteiger partial charge in [0.05, 0.1) is 8.95 Å². The van der Waals surface area contributed by atoms with Gasteiger partial charge in [0.1, 0.15) is 17.8 Å². The Kier molecular flexibility index (Phi) is 12.6. The molecule has 3 aliphatic heterocycles. The molecule has 0 radical (unpaired) electrons. The predicted molar refractivity (Wildman–Crippen MR) is 223 cm³/mol. The van der Waals surface area contributed by atoms with Gasteiger partial charge < -0.3 is 40.7 Å². The Morgan fingerprint density at radius 2 is 1.54 bits per heavy atom. The quantitative estimate of drug-likeness (QED) is 0.174. The number of para-hydroxylation sites is 1. The number of nitrogens with two attached hydrogens (primary N) is 1. The molecule has 15 heteroatoms. The minimum atomic E-state index is -1.17. The number of anilines is 1. The third-order valence-electron chi connectivity index (χ3n) is 11.6. The Balaban J connectivity index is 1.20. The van der Waals surface area contributed by atoms with Crippen LogP contribution in [0.1, 0.15) is 49.1 Å². The van der Waals surface area contributed by atoms with Gasteiger partial charge in [-0.05, 0) is 136 Å². The number of piperidine rings is 2. The zero-order valence-corrected chi connectivity index (χ0v) is 34.4. The zero-order chi connectivity index (χ0) is 39.3. The topological polar surface area (TPSA) is 168 Å². The van der Waals surface area contributed by atoms with E-state index in [2.05, 4.69) is 52.0 Å². The molecule has 3 fully saturated rings. The number of halogens is 2. The first-order valence-electron chi connectivity index (χ1n) is 19.4. The van der Waals surface area contributed by atoms with E-state index in [4.69, 9.17) is 5.73 Å². The molecule has 0 spiro atoms. The van der Waals surface area contributed by atoms with Gasteiger partial charge in [0.15, 0.2) is 0 Å². The summed E-state index contributed by atoms with van der Waals surface area (Å²) in [6, 6.07) is 14.4. The second-order valence-electron chi connectivity index (χ2n) is 15.1. The summed E-state index contributed by atoms with van der Waals surface area (Å²) in [5, 5.41) is 14.8. The highest BCUT2D eigenvalue weighted by Crippen LogP contribution is 2.35. The van der Waals surface area contributed by atoms with Crippen molar-refractivity contribution >= 4 is 66.3 Å². The lowest BCUT2D eigenvalue weighted by atomic mass is 9.88. The molecule has 0 unspecified atom stereocenters. The number of piperazine rings is 1. The number of aromatic hydroxyl groups is 1. The van der Waals surface area contributed by atoms with Crippen LogP contribution in [0.2, 0.25) is 0 Å². The monoisotopic (exact) mass is 890 g/mol. The van der Waals surface area contributed by atoms with Crippen molar-refractivity contribution in [3.63, 3.8) is 0 Å². The van der Waals surface area contributed by atoms with Crippen molar-refractivity contribution in [2.24, 2.45) is 11.7 Å². The van der Waals surface area contributed by atoms with Crippen LogP contribution in [0, 0.1) is 5.92 Å². The molecular weight excluding hydrogens is 844 g/mol. The third-order valence-corrected chi connectivity index (χ3v) is 12.8. The van der Waals surface area contributed by atoms with Gasteiger partial charge in [-0.1, -0.05) is 18.2 Å². The van der Waals surface area contributed by atoms with E-state index in [0.29, 0.717) is 78.6 Å². The maximum Gasteiger partial charge on any atom is 0.321 e. The van der Waals surface area contributed by atoms with Crippen molar-refractivity contribution < 1.29 is 19.5 Å². The average Bonchev–Trinajstić information content (AvgIpc) is 3.22. The predicted octanol–water partition coefficient (Wildman–Crippen LogP) is 4.96. The molecule has 296 valence electrons. The Morgan fingerprint density at radius 1 is 0.875 bits per heavy atom. The number of primary amides is 1. The highest BCUT2D eigenvalue weighted by atomic mass is 79.9. The number of likely N-dealkylation sites (tertiary alicyclic amines) is 1. The van der Waals surface area contributed by atoms with Crippen LogP contribution in [0.3, 0.4) is 0 Å². The van der Waals surface area contributed by atoms with E-state index < -0.39 is 24.0 Å². The maximum absolute atomic E-state index is 15.1. The van der Waals surface area contributed by atoms with Gasteiger partial charge in [0.2, 0.25) is 11.8 Å². The molecule has 3 saturated heterocycles. The molecule has 2 aromatic heterocycles. The number of carbonyl (C=O) groups excluding carboxylic acids is 3. The number of benzene rings is 2. The molecule has 56 heavy (non-hydrogen) atoms. The number of hydrogen-bond donors (Lipinski definition) is 4. The van der Waals surface area contributed by atoms with E-state index >= 15 is 4.79 Å². The highest BCUT2D eigenvalue weighted by molar-refractivity contribution is 9.11. The van der Waals surface area contributed by atoms with Crippen LogP contribution >= 0.6 is 31.9 Å². The van der Waals surface area contributed by atoms with Crippen LogP contribution in [0.5, 0.6) is 5.75 Å². The summed E-state index contributed by atoms with van der Waals surface area (Å²) in [6.45, 7) is 4.42. The Bertz CT molecular complexity index is 2070. The maximum atomic E-state index is 15.1. The number of nitrogens with one attached hydrogen (secondary N) is 2. The van der Waals surface area contributed by atoms with E-state index in [0.717, 1.165) is 42.5 Å². The average molecular weight is 893 g/mol. The number of aromatic nitrogens is 2. The summed E-state index contributed by atoms with van der Waals surface area (Å²) in [4.78, 5) is 71.4. The first-order chi connectivity index (χ1) is 27.1. The van der Waals surface area contributed by atoms with Gasteiger partial charge in [0.25, 0.3) is 5.56 Å². The summed E-state index contributed by atoms with van der Waals surface area (Å²) in [5.41, 5.74) is 9.26. The fourth-order valence-electron chi connectivity index (χ4n) is 8.51. The molecule has 5 heterocycles. The first kappa shape index (κ1) is 39.8. The van der Waals surface area contributed by atoms with Gasteiger partial charge in [-0.25, -0.2) is 4.79 Å². The summed E-state index contributed by atoms with van der Waals surface area (Å²) in [6.07, 6.45) is 6.71. The number of hydrogen-bond acceptors (Lipinski definition) is 8. The molecule has 0 saturated carbocycles. The zero-order valence-electron chi connectivity index (χ0n) is 31.2. The fourth-order valence-corrected chi connectivity index (χ4v) is 9.79. The van der Waals surface area contributed by atoms with E-state index in [1.165, 1.54) is 4.90 Å². The molecule has 0 aliphatic carbocycles. The molecule has 0 bridgehead atoms. The number of urea groups is 1. The standard InChI is InChI=1S/C41H48Br2N8O5/c42-32-21-27(22-33(43)37(32)52)24-35(38(44)53)51(41(56)50-15-9-28(10-16-50)31-25-29-3-1-2-4-34(29)47-39(31)54)36(23-26-5-11-45-12-6-26)40(55)49-19-17-48(18-20-49)30-7-13-46-14-8-30/h1-4,7-8,13-14,21-22,25-26,28,35-36,45,52H,5-6,9-12,15-20,23-24H2,(H2,44,53)(H,47,54)/t35-,36+/m1/s1. The van der Waals surface area contributed by atoms with Crippen molar-refractivity contribution in [1.29, 1.82) is 0 Å². The minimum absolute atomic E-state index is 0.00954. The summed E-state index contributed by atoms with van der Waals surface area (Å²) in [5.74, 6) is -0.821. The second kappa shape index (κ2) is 17.8. The van der Waals surface area contributed by atoms with Crippen molar-refractivity contribution in [3.8, 4) is 5.75 Å². The number of H-pyrrole nitrogens is 1. The van der Waals surface area contributed by atoms with Crippen LogP contribution in [0.25, 0.3) is 10.9 Å². The summed E-state index contributed by atoms with van der Waals surface area (Å²) >= 11 is 6.81. The smallest absolute Gasteiger partial charge is 0.321 e. The van der Waals surface area contributed by atoms with Crippen LogP contribution in [-0.4, -0.2) is 112 Å². The minimum Gasteiger partial charge on any atom is -0.506 e. The molecule has 3 aliphatic rings. The van der Waals surface area contributed by atoms with E-state index in [9.17, 15) is 19.5 Å². The van der Waals surface area contributed by atoms with Crippen molar-refractivity contribution in [2.45, 2.75) is 56.5 Å². The fraction of sp³-hybridized carbons (Fsp3) is 0.439. The van der Waals surface area contributed by atoms with Crippen LogP contribution in [0.15, 0.2) is 80.7 Å². The van der Waals surface area contributed by atoms with Gasteiger partial charge in [0, 0.05) is 74.9 Å². The number of nitrogens with zero attached hydrogens (tertiary/aromatic N) is 5. The molecule has 4 amide bonds. The van der Waals surface area contributed by atoms with E-state index in [1.54, 1.807) is 29.4 Å². The molecule has 7 rings (SSSR count). The van der Waals surface area contributed by atoms with Crippen molar-refractivity contribution in [1.82, 2.24) is 30.0 Å². The molecule has 2 atom stereocenters. The van der Waals surface area contributed by atoms with Gasteiger partial charge in [-0.2, -0.15) is 0 Å². The first-order valence-corrected chi connectivity index (χ1v) is 21.0. The summed E-state index contributed by atoms with van der Waals surface area (Å²) < 4.78 is 0.839. The highest BCUT2D eigenvalue weighted by Gasteiger charge is 2.44. The van der Waals surface area contributed by atoms with Crippen LogP contribution in [0.4, 0.5) is 10.5 Å². The van der Waals surface area contributed by atoms with Gasteiger partial charge in [-0.15, -0.1) is 0 Å². The Labute approximate surface area is 342 Å². The van der Waals surface area contributed by atoms with Crippen LogP contribution in [-0.2, 0) is 16.0 Å².